The first-order valence-corrected chi connectivity index (χ1v) is 6.84. The smallest absolute Gasteiger partial charge is 0.339 e. The van der Waals surface area contributed by atoms with Crippen molar-refractivity contribution in [1.82, 2.24) is 19.6 Å². The standard InChI is InChI=1S/C14H20N4O2/c1-4-17-8-11(7-15-17)13-12(14(19)20)9-18(16-13)6-5-10(2)3/h7-10H,4-6H2,1-3H3,(H,19,20). The average molecular weight is 276 g/mol. The van der Waals surface area contributed by atoms with Crippen LogP contribution in [0.2, 0.25) is 0 Å². The summed E-state index contributed by atoms with van der Waals surface area (Å²) >= 11 is 0. The molecule has 0 saturated heterocycles. The van der Waals surface area contributed by atoms with Crippen LogP contribution in [0.3, 0.4) is 0 Å². The van der Waals surface area contributed by atoms with Gasteiger partial charge >= 0.3 is 5.97 Å². The van der Waals surface area contributed by atoms with Gasteiger partial charge in [0.05, 0.1) is 6.20 Å². The van der Waals surface area contributed by atoms with Crippen molar-refractivity contribution < 1.29 is 9.90 Å². The van der Waals surface area contributed by atoms with Crippen LogP contribution in [0.4, 0.5) is 0 Å². The Balaban J connectivity index is 2.32. The van der Waals surface area contributed by atoms with Crippen molar-refractivity contribution in [1.29, 1.82) is 0 Å². The molecule has 0 atom stereocenters. The summed E-state index contributed by atoms with van der Waals surface area (Å²) < 4.78 is 3.47. The molecule has 0 spiro atoms. The molecule has 0 aliphatic rings. The largest absolute Gasteiger partial charge is 0.478 e. The Kier molecular flexibility index (Phi) is 4.22. The summed E-state index contributed by atoms with van der Waals surface area (Å²) in [5, 5.41) is 17.9. The lowest BCUT2D eigenvalue weighted by atomic mass is 10.1. The maximum absolute atomic E-state index is 11.3. The molecule has 0 fully saturated rings. The van der Waals surface area contributed by atoms with E-state index >= 15 is 0 Å². The molecule has 6 heteroatoms. The fourth-order valence-electron chi connectivity index (χ4n) is 1.95. The number of carbonyl (C=O) groups is 1. The van der Waals surface area contributed by atoms with Crippen LogP contribution in [-0.4, -0.2) is 30.6 Å². The maximum atomic E-state index is 11.3. The Bertz CT molecular complexity index is 598. The fourth-order valence-corrected chi connectivity index (χ4v) is 1.95. The molecule has 0 aliphatic heterocycles. The van der Waals surface area contributed by atoms with Crippen LogP contribution in [-0.2, 0) is 13.1 Å². The first-order valence-electron chi connectivity index (χ1n) is 6.84. The number of aryl methyl sites for hydroxylation is 2. The van der Waals surface area contributed by atoms with Crippen LogP contribution in [0.25, 0.3) is 11.3 Å². The predicted molar refractivity (Wildman–Crippen MR) is 75.5 cm³/mol. The molecular formula is C14H20N4O2. The van der Waals surface area contributed by atoms with Crippen molar-refractivity contribution in [3.8, 4) is 11.3 Å². The number of carboxylic acids is 1. The van der Waals surface area contributed by atoms with E-state index in [2.05, 4.69) is 24.0 Å². The summed E-state index contributed by atoms with van der Waals surface area (Å²) in [6, 6.07) is 0. The van der Waals surface area contributed by atoms with Crippen LogP contribution in [0.5, 0.6) is 0 Å². The monoisotopic (exact) mass is 276 g/mol. The highest BCUT2D eigenvalue weighted by Crippen LogP contribution is 2.22. The van der Waals surface area contributed by atoms with Crippen molar-refractivity contribution in [3.05, 3.63) is 24.2 Å². The Morgan fingerprint density at radius 3 is 2.65 bits per heavy atom. The average Bonchev–Trinajstić information content (AvgIpc) is 3.02. The van der Waals surface area contributed by atoms with Gasteiger partial charge in [-0.15, -0.1) is 0 Å². The number of rotatable bonds is 6. The topological polar surface area (TPSA) is 72.9 Å². The van der Waals surface area contributed by atoms with Crippen molar-refractivity contribution in [3.63, 3.8) is 0 Å². The third-order valence-electron chi connectivity index (χ3n) is 3.16. The van der Waals surface area contributed by atoms with Gasteiger partial charge in [-0.1, -0.05) is 13.8 Å². The van der Waals surface area contributed by atoms with Crippen molar-refractivity contribution >= 4 is 5.97 Å². The number of carboxylic acid groups (broad SMARTS) is 1. The lowest BCUT2D eigenvalue weighted by molar-refractivity contribution is 0.0697. The summed E-state index contributed by atoms with van der Waals surface area (Å²) in [4.78, 5) is 11.3. The molecule has 108 valence electrons. The molecule has 2 aromatic heterocycles. The number of aromatic nitrogens is 4. The lowest BCUT2D eigenvalue weighted by Crippen LogP contribution is -2.02. The zero-order chi connectivity index (χ0) is 14.7. The molecule has 2 rings (SSSR count). The number of hydrogen-bond donors (Lipinski definition) is 1. The van der Waals surface area contributed by atoms with Crippen LogP contribution in [0.1, 0.15) is 37.6 Å². The highest BCUT2D eigenvalue weighted by Gasteiger charge is 2.18. The Morgan fingerprint density at radius 2 is 2.10 bits per heavy atom. The van der Waals surface area contributed by atoms with Crippen LogP contribution < -0.4 is 0 Å². The fraction of sp³-hybridized carbons (Fsp3) is 0.500. The third-order valence-corrected chi connectivity index (χ3v) is 3.16. The summed E-state index contributed by atoms with van der Waals surface area (Å²) in [7, 11) is 0. The van der Waals surface area contributed by atoms with Gasteiger partial charge in [-0.05, 0) is 19.3 Å². The van der Waals surface area contributed by atoms with E-state index in [1.54, 1.807) is 21.8 Å². The Labute approximate surface area is 118 Å². The van der Waals surface area contributed by atoms with E-state index in [9.17, 15) is 9.90 Å². The zero-order valence-electron chi connectivity index (χ0n) is 12.1. The molecule has 0 saturated carbocycles. The highest BCUT2D eigenvalue weighted by molar-refractivity contribution is 5.94. The van der Waals surface area contributed by atoms with Gasteiger partial charge in [-0.3, -0.25) is 9.36 Å². The molecular weight excluding hydrogens is 256 g/mol. The number of nitrogens with zero attached hydrogens (tertiary/aromatic N) is 4. The first kappa shape index (κ1) is 14.3. The minimum atomic E-state index is -0.958. The van der Waals surface area contributed by atoms with Gasteiger partial charge < -0.3 is 5.11 Å². The minimum absolute atomic E-state index is 0.226. The quantitative estimate of drug-likeness (QED) is 0.879. The van der Waals surface area contributed by atoms with Crippen LogP contribution in [0.15, 0.2) is 18.6 Å². The van der Waals surface area contributed by atoms with Crippen molar-refractivity contribution in [2.45, 2.75) is 40.3 Å². The van der Waals surface area contributed by atoms with Crippen molar-refractivity contribution in [2.24, 2.45) is 5.92 Å². The maximum Gasteiger partial charge on any atom is 0.339 e. The van der Waals surface area contributed by atoms with E-state index in [4.69, 9.17) is 0 Å². The van der Waals surface area contributed by atoms with Crippen LogP contribution >= 0.6 is 0 Å². The number of aromatic carboxylic acids is 1. The number of hydrogen-bond acceptors (Lipinski definition) is 3. The van der Waals surface area contributed by atoms with E-state index in [0.29, 0.717) is 11.6 Å². The van der Waals surface area contributed by atoms with Gasteiger partial charge in [-0.25, -0.2) is 4.79 Å². The molecule has 6 nitrogen and oxygen atoms in total. The summed E-state index contributed by atoms with van der Waals surface area (Å²) in [5.74, 6) is -0.404. The third kappa shape index (κ3) is 3.07. The van der Waals surface area contributed by atoms with Gasteiger partial charge in [0.15, 0.2) is 0 Å². The van der Waals surface area contributed by atoms with Crippen molar-refractivity contribution in [2.75, 3.05) is 0 Å². The Morgan fingerprint density at radius 1 is 1.35 bits per heavy atom. The molecule has 0 amide bonds. The molecule has 20 heavy (non-hydrogen) atoms. The second kappa shape index (κ2) is 5.90. The summed E-state index contributed by atoms with van der Waals surface area (Å²) in [5.41, 5.74) is 1.46. The molecule has 0 aliphatic carbocycles. The molecule has 1 N–H and O–H groups in total. The second-order valence-electron chi connectivity index (χ2n) is 5.23. The first-order chi connectivity index (χ1) is 9.51. The predicted octanol–water partition coefficient (Wildman–Crippen LogP) is 2.51. The van der Waals surface area contributed by atoms with Crippen LogP contribution in [0, 0.1) is 5.92 Å². The summed E-state index contributed by atoms with van der Waals surface area (Å²) in [6.07, 6.45) is 6.05. The van der Waals surface area contributed by atoms with Gasteiger partial charge in [0.1, 0.15) is 11.3 Å². The summed E-state index contributed by atoms with van der Waals surface area (Å²) in [6.45, 7) is 7.72. The molecule has 2 heterocycles. The second-order valence-corrected chi connectivity index (χ2v) is 5.23. The molecule has 0 aromatic carbocycles. The van der Waals surface area contributed by atoms with E-state index in [-0.39, 0.29) is 5.56 Å². The van der Waals surface area contributed by atoms with E-state index in [1.807, 2.05) is 13.1 Å². The van der Waals surface area contributed by atoms with E-state index in [0.717, 1.165) is 25.1 Å². The van der Waals surface area contributed by atoms with Gasteiger partial charge in [0.2, 0.25) is 0 Å². The van der Waals surface area contributed by atoms with Gasteiger partial charge in [0, 0.05) is 31.0 Å². The SMILES string of the molecule is CCn1cc(-c2nn(CCC(C)C)cc2C(=O)O)cn1. The normalized spacial score (nSPS) is 11.2. The lowest BCUT2D eigenvalue weighted by Gasteiger charge is -2.03. The van der Waals surface area contributed by atoms with E-state index < -0.39 is 5.97 Å². The van der Waals surface area contributed by atoms with Gasteiger partial charge in [-0.2, -0.15) is 10.2 Å². The minimum Gasteiger partial charge on any atom is -0.478 e. The molecule has 0 radical (unpaired) electrons. The molecule has 2 aromatic rings. The van der Waals surface area contributed by atoms with E-state index in [1.165, 1.54) is 0 Å². The van der Waals surface area contributed by atoms with Gasteiger partial charge in [0.25, 0.3) is 0 Å². The molecule has 0 unspecified atom stereocenters. The zero-order valence-corrected chi connectivity index (χ0v) is 12.1. The Hall–Kier alpha value is -2.11. The molecule has 0 bridgehead atoms. The highest BCUT2D eigenvalue weighted by atomic mass is 16.4.